The van der Waals surface area contributed by atoms with Gasteiger partial charge >= 0.3 is 5.97 Å². The van der Waals surface area contributed by atoms with Crippen molar-refractivity contribution in [3.05, 3.63) is 0 Å². The number of carbonyl (C=O) groups is 1. The smallest absolute Gasteiger partial charge is 0.304 e. The lowest BCUT2D eigenvalue weighted by Gasteiger charge is -1.79. The van der Waals surface area contributed by atoms with Crippen LogP contribution in [0.5, 0.6) is 0 Å². The van der Waals surface area contributed by atoms with Crippen LogP contribution in [0.4, 0.5) is 0 Å². The predicted molar refractivity (Wildman–Crippen MR) is 37.2 cm³/mol. The van der Waals surface area contributed by atoms with Crippen LogP contribution < -0.4 is 0 Å². The molecule has 0 aliphatic rings. The fraction of sp³-hybridized carbons (Fsp3) is 0.667. The Morgan fingerprint density at radius 1 is 1.71 bits per heavy atom. The normalized spacial score (nSPS) is 7.00. The molecule has 4 heteroatoms. The van der Waals surface area contributed by atoms with Crippen LogP contribution in [0.3, 0.4) is 0 Å². The minimum absolute atomic E-state index is 0. The van der Waals surface area contributed by atoms with Crippen LogP contribution in [-0.4, -0.2) is 16.8 Å². The molecule has 0 aromatic carbocycles. The molecule has 1 unspecified atom stereocenters. The van der Waals surface area contributed by atoms with Gasteiger partial charge in [-0.15, -0.1) is 0 Å². The molecular weight excluding hydrogens is 131 g/mol. The van der Waals surface area contributed by atoms with E-state index in [0.29, 0.717) is 5.75 Å². The molecule has 0 aromatic heterocycles. The molecule has 0 aliphatic heterocycles. The average molecular weight is 140 g/mol. The molecule has 44 valence electrons. The summed E-state index contributed by atoms with van der Waals surface area (Å²) in [5, 5.41) is 7.86. The van der Waals surface area contributed by atoms with E-state index in [1.807, 2.05) is 0 Å². The van der Waals surface area contributed by atoms with Crippen LogP contribution in [-0.2, 0) is 4.79 Å². The summed E-state index contributed by atoms with van der Waals surface area (Å²) in [5.41, 5.74) is 0. The van der Waals surface area contributed by atoms with Crippen molar-refractivity contribution in [2.75, 3.05) is 5.75 Å². The minimum Gasteiger partial charge on any atom is -0.481 e. The van der Waals surface area contributed by atoms with Crippen molar-refractivity contribution < 1.29 is 9.90 Å². The Labute approximate surface area is 51.3 Å². The number of thiol groups is 1. The highest BCUT2D eigenvalue weighted by Crippen LogP contribution is 1.79. The molecule has 0 heterocycles. The minimum atomic E-state index is -0.787. The van der Waals surface area contributed by atoms with Gasteiger partial charge in [0.2, 0.25) is 0 Å². The van der Waals surface area contributed by atoms with Gasteiger partial charge in [-0.3, -0.25) is 4.79 Å². The first-order valence-corrected chi connectivity index (χ1v) is 2.23. The zero-order chi connectivity index (χ0) is 4.99. The lowest BCUT2D eigenvalue weighted by molar-refractivity contribution is -0.136. The zero-order valence-electron chi connectivity index (χ0n) is 3.92. The number of rotatable bonds is 2. The van der Waals surface area contributed by atoms with Crippen molar-refractivity contribution in [3.63, 3.8) is 0 Å². The van der Waals surface area contributed by atoms with Crippen molar-refractivity contribution in [2.24, 2.45) is 0 Å². The first kappa shape index (κ1) is 10.3. The third kappa shape index (κ3) is 10.7. The number of carboxylic acid groups (broad SMARTS) is 1. The summed E-state index contributed by atoms with van der Waals surface area (Å²) >= 11 is 3.68. The standard InChI is InChI=1S/C3H6O2S.H3P/c4-3(5)1-2-6;/h6H,1-2H2,(H,4,5);1H3. The van der Waals surface area contributed by atoms with Gasteiger partial charge < -0.3 is 5.11 Å². The first-order chi connectivity index (χ1) is 2.77. The summed E-state index contributed by atoms with van der Waals surface area (Å²) < 4.78 is 0. The molecule has 0 radical (unpaired) electrons. The summed E-state index contributed by atoms with van der Waals surface area (Å²) in [5.74, 6) is -0.361. The van der Waals surface area contributed by atoms with Gasteiger partial charge in [0.25, 0.3) is 0 Å². The van der Waals surface area contributed by atoms with Gasteiger partial charge in [-0.1, -0.05) is 0 Å². The molecule has 0 amide bonds. The van der Waals surface area contributed by atoms with E-state index in [1.54, 1.807) is 0 Å². The second kappa shape index (κ2) is 6.25. The maximum Gasteiger partial charge on any atom is 0.304 e. The maximum absolute atomic E-state index is 9.55. The highest BCUT2D eigenvalue weighted by atomic mass is 32.1. The molecule has 0 rings (SSSR count). The van der Waals surface area contributed by atoms with E-state index in [9.17, 15) is 4.79 Å². The number of hydrogen-bond acceptors (Lipinski definition) is 2. The maximum atomic E-state index is 9.55. The summed E-state index contributed by atoms with van der Waals surface area (Å²) in [6.45, 7) is 0. The Morgan fingerprint density at radius 3 is 2.14 bits per heavy atom. The summed E-state index contributed by atoms with van der Waals surface area (Å²) in [7, 11) is 0. The Kier molecular flexibility index (Phi) is 9.17. The van der Waals surface area contributed by atoms with Crippen molar-refractivity contribution in [1.82, 2.24) is 0 Å². The van der Waals surface area contributed by atoms with Crippen LogP contribution in [0.2, 0.25) is 0 Å². The second-order valence-corrected chi connectivity index (χ2v) is 1.31. The topological polar surface area (TPSA) is 37.3 Å². The summed E-state index contributed by atoms with van der Waals surface area (Å²) in [6, 6.07) is 0. The van der Waals surface area contributed by atoms with Gasteiger partial charge in [-0.2, -0.15) is 22.5 Å². The van der Waals surface area contributed by atoms with Gasteiger partial charge in [0.15, 0.2) is 0 Å². The molecule has 0 aromatic rings. The molecule has 0 saturated heterocycles. The van der Waals surface area contributed by atoms with Crippen LogP contribution in [0.15, 0.2) is 0 Å². The molecule has 0 bridgehead atoms. The van der Waals surface area contributed by atoms with Crippen molar-refractivity contribution in [2.45, 2.75) is 6.42 Å². The molecular formula is C3H9O2PS. The molecule has 0 fully saturated rings. The van der Waals surface area contributed by atoms with Crippen LogP contribution in [0.1, 0.15) is 6.42 Å². The van der Waals surface area contributed by atoms with E-state index >= 15 is 0 Å². The average Bonchev–Trinajstić information content (AvgIpc) is 1.35. The number of carboxylic acids is 1. The molecule has 0 spiro atoms. The first-order valence-electron chi connectivity index (χ1n) is 1.60. The molecule has 0 saturated carbocycles. The van der Waals surface area contributed by atoms with Crippen LogP contribution in [0.25, 0.3) is 0 Å². The fourth-order valence-corrected chi connectivity index (χ4v) is 0.287. The highest BCUT2D eigenvalue weighted by Gasteiger charge is 1.88. The molecule has 7 heavy (non-hydrogen) atoms. The van der Waals surface area contributed by atoms with Gasteiger partial charge in [0.05, 0.1) is 6.42 Å². The molecule has 0 aliphatic carbocycles. The van der Waals surface area contributed by atoms with E-state index in [2.05, 4.69) is 12.6 Å². The lowest BCUT2D eigenvalue weighted by atomic mass is 10.5. The lowest BCUT2D eigenvalue weighted by Crippen LogP contribution is -1.93. The van der Waals surface area contributed by atoms with Gasteiger partial charge in [-0.25, -0.2) is 0 Å². The zero-order valence-corrected chi connectivity index (χ0v) is 6.23. The predicted octanol–water partition coefficient (Wildman–Crippen LogP) is 0.449. The quantitative estimate of drug-likeness (QED) is 0.431. The Hall–Kier alpha value is 0.250. The van der Waals surface area contributed by atoms with E-state index in [0.717, 1.165) is 0 Å². The third-order valence-corrected chi connectivity index (χ3v) is 0.549. The fourth-order valence-electron chi connectivity index (χ4n) is 0.0956. The Balaban J connectivity index is 0. The Morgan fingerprint density at radius 2 is 2.14 bits per heavy atom. The van der Waals surface area contributed by atoms with Crippen LogP contribution >= 0.6 is 22.5 Å². The second-order valence-electron chi connectivity index (χ2n) is 0.867. The van der Waals surface area contributed by atoms with Gasteiger partial charge in [-0.05, 0) is 0 Å². The van der Waals surface area contributed by atoms with Crippen molar-refractivity contribution >= 4 is 28.5 Å². The SMILES string of the molecule is O=C(O)CCS.P. The van der Waals surface area contributed by atoms with Crippen LogP contribution in [0, 0.1) is 0 Å². The molecule has 2 nitrogen and oxygen atoms in total. The van der Waals surface area contributed by atoms with Gasteiger partial charge in [0, 0.05) is 5.75 Å². The van der Waals surface area contributed by atoms with E-state index in [-0.39, 0.29) is 16.3 Å². The largest absolute Gasteiger partial charge is 0.481 e. The number of aliphatic carboxylic acids is 1. The monoisotopic (exact) mass is 140 g/mol. The third-order valence-electron chi connectivity index (χ3n) is 0.326. The number of hydrogen-bond donors (Lipinski definition) is 2. The molecule has 1 N–H and O–H groups in total. The summed E-state index contributed by atoms with van der Waals surface area (Å²) in [6.07, 6.45) is 0.156. The van der Waals surface area contributed by atoms with Gasteiger partial charge in [0.1, 0.15) is 0 Å². The molecule has 1 atom stereocenters. The Bertz CT molecular complexity index is 56.9. The highest BCUT2D eigenvalue weighted by molar-refractivity contribution is 7.80. The summed E-state index contributed by atoms with van der Waals surface area (Å²) in [4.78, 5) is 9.55. The van der Waals surface area contributed by atoms with E-state index in [4.69, 9.17) is 5.11 Å². The van der Waals surface area contributed by atoms with E-state index < -0.39 is 5.97 Å². The van der Waals surface area contributed by atoms with Crippen molar-refractivity contribution in [1.29, 1.82) is 0 Å². The van der Waals surface area contributed by atoms with Crippen molar-refractivity contribution in [3.8, 4) is 0 Å². The van der Waals surface area contributed by atoms with E-state index in [1.165, 1.54) is 0 Å².